The fourth-order valence-corrected chi connectivity index (χ4v) is 2.25. The number of H-pyrrole nitrogens is 1. The summed E-state index contributed by atoms with van der Waals surface area (Å²) in [5.41, 5.74) is 4.77. The van der Waals surface area contributed by atoms with Crippen molar-refractivity contribution in [2.24, 2.45) is 5.10 Å². The summed E-state index contributed by atoms with van der Waals surface area (Å²) < 4.78 is 18.3. The molecule has 2 aromatic carbocycles. The quantitative estimate of drug-likeness (QED) is 0.527. The van der Waals surface area contributed by atoms with Gasteiger partial charge in [-0.2, -0.15) is 10.2 Å². The molecule has 6 nitrogen and oxygen atoms in total. The van der Waals surface area contributed by atoms with Crippen molar-refractivity contribution < 1.29 is 13.9 Å². The van der Waals surface area contributed by atoms with Gasteiger partial charge in [-0.3, -0.25) is 9.89 Å². The lowest BCUT2D eigenvalue weighted by Crippen LogP contribution is -2.17. The van der Waals surface area contributed by atoms with Crippen LogP contribution in [0.15, 0.2) is 59.7 Å². The van der Waals surface area contributed by atoms with E-state index in [1.807, 2.05) is 31.2 Å². The molecule has 7 heteroatoms. The Morgan fingerprint density at radius 3 is 2.65 bits per heavy atom. The van der Waals surface area contributed by atoms with Crippen molar-refractivity contribution >= 4 is 12.1 Å². The van der Waals surface area contributed by atoms with Crippen LogP contribution in [0.3, 0.4) is 0 Å². The van der Waals surface area contributed by atoms with Crippen LogP contribution in [0.1, 0.15) is 23.0 Å². The van der Waals surface area contributed by atoms with Crippen molar-refractivity contribution in [3.63, 3.8) is 0 Å². The van der Waals surface area contributed by atoms with Crippen LogP contribution in [0.5, 0.6) is 5.75 Å². The number of rotatable bonds is 6. The van der Waals surface area contributed by atoms with Gasteiger partial charge in [-0.05, 0) is 67.1 Å². The van der Waals surface area contributed by atoms with Crippen LogP contribution in [0, 0.1) is 5.82 Å². The fraction of sp³-hybridized carbons (Fsp3) is 0.105. The first kappa shape index (κ1) is 17.3. The first-order valence-electron chi connectivity index (χ1n) is 8.03. The molecule has 0 bridgehead atoms. The predicted octanol–water partition coefficient (Wildman–Crippen LogP) is 3.38. The highest BCUT2D eigenvalue weighted by Crippen LogP contribution is 2.18. The molecule has 0 atom stereocenters. The molecule has 0 saturated carbocycles. The summed E-state index contributed by atoms with van der Waals surface area (Å²) in [6, 6.07) is 14.8. The van der Waals surface area contributed by atoms with Crippen molar-refractivity contribution in [1.82, 2.24) is 15.6 Å². The largest absolute Gasteiger partial charge is 0.494 e. The van der Waals surface area contributed by atoms with Gasteiger partial charge in [0.15, 0.2) is 0 Å². The summed E-state index contributed by atoms with van der Waals surface area (Å²) in [4.78, 5) is 12.1. The van der Waals surface area contributed by atoms with Gasteiger partial charge < -0.3 is 4.74 Å². The molecule has 0 aliphatic rings. The number of hydrogen-bond donors (Lipinski definition) is 2. The van der Waals surface area contributed by atoms with Crippen LogP contribution in [0.25, 0.3) is 11.3 Å². The number of aromatic nitrogens is 2. The fourth-order valence-electron chi connectivity index (χ4n) is 2.25. The maximum absolute atomic E-state index is 13.0. The van der Waals surface area contributed by atoms with Gasteiger partial charge in [0.1, 0.15) is 17.3 Å². The van der Waals surface area contributed by atoms with E-state index in [9.17, 15) is 9.18 Å². The molecule has 132 valence electrons. The number of carbonyl (C=O) groups is 1. The lowest BCUT2D eigenvalue weighted by Gasteiger charge is -2.02. The molecule has 1 aromatic heterocycles. The van der Waals surface area contributed by atoms with Crippen LogP contribution in [-0.4, -0.2) is 28.9 Å². The summed E-state index contributed by atoms with van der Waals surface area (Å²) in [6.45, 7) is 2.52. The number of amides is 1. The third kappa shape index (κ3) is 4.32. The summed E-state index contributed by atoms with van der Waals surface area (Å²) >= 11 is 0. The maximum atomic E-state index is 13.0. The monoisotopic (exact) mass is 352 g/mol. The second-order valence-electron chi connectivity index (χ2n) is 5.37. The number of carbonyl (C=O) groups excluding carboxylic acids is 1. The van der Waals surface area contributed by atoms with E-state index < -0.39 is 5.91 Å². The molecule has 2 N–H and O–H groups in total. The van der Waals surface area contributed by atoms with Crippen LogP contribution in [-0.2, 0) is 0 Å². The van der Waals surface area contributed by atoms with E-state index >= 15 is 0 Å². The Hall–Kier alpha value is -3.48. The molecule has 26 heavy (non-hydrogen) atoms. The van der Waals surface area contributed by atoms with Crippen molar-refractivity contribution in [2.75, 3.05) is 6.61 Å². The average molecular weight is 352 g/mol. The van der Waals surface area contributed by atoms with Gasteiger partial charge in [-0.1, -0.05) is 0 Å². The summed E-state index contributed by atoms with van der Waals surface area (Å²) in [5.74, 6) is 0.0263. The van der Waals surface area contributed by atoms with Crippen molar-refractivity contribution in [1.29, 1.82) is 0 Å². The highest BCUT2D eigenvalue weighted by molar-refractivity contribution is 5.94. The Morgan fingerprint density at radius 2 is 1.96 bits per heavy atom. The smallest absolute Gasteiger partial charge is 0.289 e. The number of halogens is 1. The molecule has 1 amide bonds. The van der Waals surface area contributed by atoms with E-state index in [2.05, 4.69) is 20.7 Å². The zero-order valence-electron chi connectivity index (χ0n) is 14.1. The molecule has 0 spiro atoms. The minimum absolute atomic E-state index is 0.258. The van der Waals surface area contributed by atoms with Gasteiger partial charge in [-0.25, -0.2) is 9.82 Å². The zero-order valence-corrected chi connectivity index (χ0v) is 14.1. The van der Waals surface area contributed by atoms with E-state index in [0.717, 1.165) is 11.3 Å². The van der Waals surface area contributed by atoms with Crippen LogP contribution in [0.2, 0.25) is 0 Å². The second kappa shape index (κ2) is 8.06. The average Bonchev–Trinajstić information content (AvgIpc) is 3.14. The van der Waals surface area contributed by atoms with Gasteiger partial charge in [0, 0.05) is 5.56 Å². The third-order valence-electron chi connectivity index (χ3n) is 3.53. The van der Waals surface area contributed by atoms with E-state index in [1.54, 1.807) is 18.2 Å². The minimum atomic E-state index is -0.423. The SMILES string of the molecule is CCOc1ccc(/C=N/NC(=O)c2cc(-c3ccc(F)cc3)n[nH]2)cc1. The van der Waals surface area contributed by atoms with E-state index in [0.29, 0.717) is 17.9 Å². The Labute approximate surface area is 149 Å². The number of benzene rings is 2. The molecule has 3 aromatic rings. The Balaban J connectivity index is 1.60. The Kier molecular flexibility index (Phi) is 5.38. The van der Waals surface area contributed by atoms with E-state index in [1.165, 1.54) is 18.3 Å². The Bertz CT molecular complexity index is 902. The van der Waals surface area contributed by atoms with Gasteiger partial charge in [-0.15, -0.1) is 0 Å². The van der Waals surface area contributed by atoms with Gasteiger partial charge >= 0.3 is 0 Å². The molecule has 0 unspecified atom stereocenters. The molecular weight excluding hydrogens is 335 g/mol. The molecule has 0 fully saturated rings. The van der Waals surface area contributed by atoms with Crippen molar-refractivity contribution in [3.8, 4) is 17.0 Å². The van der Waals surface area contributed by atoms with Gasteiger partial charge in [0.05, 0.1) is 18.5 Å². The summed E-state index contributed by atoms with van der Waals surface area (Å²) in [6.07, 6.45) is 1.53. The number of aromatic amines is 1. The highest BCUT2D eigenvalue weighted by atomic mass is 19.1. The number of nitrogens with one attached hydrogen (secondary N) is 2. The van der Waals surface area contributed by atoms with E-state index in [4.69, 9.17) is 4.74 Å². The second-order valence-corrected chi connectivity index (χ2v) is 5.37. The van der Waals surface area contributed by atoms with Crippen LogP contribution < -0.4 is 10.2 Å². The molecule has 1 heterocycles. The first-order chi connectivity index (χ1) is 12.7. The summed E-state index contributed by atoms with van der Waals surface area (Å²) in [5, 5.41) is 10.6. The van der Waals surface area contributed by atoms with Gasteiger partial charge in [0.2, 0.25) is 0 Å². The predicted molar refractivity (Wildman–Crippen MR) is 96.7 cm³/mol. The summed E-state index contributed by atoms with van der Waals surface area (Å²) in [7, 11) is 0. The lowest BCUT2D eigenvalue weighted by atomic mass is 10.1. The Morgan fingerprint density at radius 1 is 1.23 bits per heavy atom. The van der Waals surface area contributed by atoms with Crippen LogP contribution in [0.4, 0.5) is 4.39 Å². The van der Waals surface area contributed by atoms with Crippen molar-refractivity contribution in [2.45, 2.75) is 6.92 Å². The minimum Gasteiger partial charge on any atom is -0.494 e. The molecule has 0 aliphatic heterocycles. The number of hydrogen-bond acceptors (Lipinski definition) is 4. The van der Waals surface area contributed by atoms with Crippen LogP contribution >= 0.6 is 0 Å². The number of nitrogens with zero attached hydrogens (tertiary/aromatic N) is 2. The first-order valence-corrected chi connectivity index (χ1v) is 8.03. The molecule has 0 saturated heterocycles. The van der Waals surface area contributed by atoms with Gasteiger partial charge in [0.25, 0.3) is 5.91 Å². The molecule has 3 rings (SSSR count). The van der Waals surface area contributed by atoms with E-state index in [-0.39, 0.29) is 11.5 Å². The standard InChI is InChI=1S/C19H17FN4O2/c1-2-26-16-9-3-13(4-10-16)12-21-24-19(25)18-11-17(22-23-18)14-5-7-15(20)8-6-14/h3-12H,2H2,1H3,(H,22,23)(H,24,25)/b21-12+. The topological polar surface area (TPSA) is 79.4 Å². The normalized spacial score (nSPS) is 10.8. The number of hydrazone groups is 1. The third-order valence-corrected chi connectivity index (χ3v) is 3.53. The lowest BCUT2D eigenvalue weighted by molar-refractivity contribution is 0.0950. The maximum Gasteiger partial charge on any atom is 0.289 e. The molecule has 0 radical (unpaired) electrons. The zero-order chi connectivity index (χ0) is 18.4. The highest BCUT2D eigenvalue weighted by Gasteiger charge is 2.10. The molecule has 0 aliphatic carbocycles. The van der Waals surface area contributed by atoms with Crippen molar-refractivity contribution in [3.05, 3.63) is 71.7 Å². The molecular formula is C19H17FN4O2. The number of ether oxygens (including phenoxy) is 1.